The summed E-state index contributed by atoms with van der Waals surface area (Å²) in [6.45, 7) is 1.86. The molecule has 0 spiro atoms. The molecule has 0 bridgehead atoms. The Morgan fingerprint density at radius 1 is 1.22 bits per heavy atom. The molecule has 144 valence electrons. The van der Waals surface area contributed by atoms with E-state index in [1.165, 1.54) is 36.0 Å². The average molecular weight is 389 g/mol. The Morgan fingerprint density at radius 2 is 2.04 bits per heavy atom. The minimum atomic E-state index is -0.463. The Balaban J connectivity index is 1.59. The molecule has 1 aliphatic rings. The van der Waals surface area contributed by atoms with Gasteiger partial charge in [-0.05, 0) is 48.9 Å². The van der Waals surface area contributed by atoms with Crippen molar-refractivity contribution in [3.63, 3.8) is 0 Å². The summed E-state index contributed by atoms with van der Waals surface area (Å²) < 4.78 is 15.6. The number of hydrogen-bond donors (Lipinski definition) is 1. The lowest BCUT2D eigenvalue weighted by Crippen LogP contribution is -2.21. The van der Waals surface area contributed by atoms with Crippen molar-refractivity contribution in [2.24, 2.45) is 5.92 Å². The third-order valence-corrected chi connectivity index (χ3v) is 5.76. The van der Waals surface area contributed by atoms with Crippen molar-refractivity contribution in [1.82, 2.24) is 0 Å². The van der Waals surface area contributed by atoms with E-state index in [9.17, 15) is 9.59 Å². The van der Waals surface area contributed by atoms with E-state index in [4.69, 9.17) is 14.2 Å². The summed E-state index contributed by atoms with van der Waals surface area (Å²) in [4.78, 5) is 26.3. The Kier molecular flexibility index (Phi) is 6.01. The van der Waals surface area contributed by atoms with Gasteiger partial charge >= 0.3 is 5.97 Å². The number of ether oxygens (including phenoxy) is 3. The quantitative estimate of drug-likeness (QED) is 0.763. The highest BCUT2D eigenvalue weighted by Crippen LogP contribution is 2.32. The van der Waals surface area contributed by atoms with Crippen LogP contribution in [0.15, 0.2) is 24.3 Å². The van der Waals surface area contributed by atoms with Crippen molar-refractivity contribution < 1.29 is 23.8 Å². The second kappa shape index (κ2) is 8.43. The molecule has 0 saturated carbocycles. The van der Waals surface area contributed by atoms with Crippen LogP contribution >= 0.6 is 11.3 Å². The molecule has 6 nitrogen and oxygen atoms in total. The number of benzene rings is 1. The minimum absolute atomic E-state index is 0.363. The fourth-order valence-corrected chi connectivity index (χ4v) is 4.21. The van der Waals surface area contributed by atoms with E-state index in [1.807, 2.05) is 6.07 Å². The van der Waals surface area contributed by atoms with Gasteiger partial charge in [0.05, 0.1) is 19.9 Å². The summed E-state index contributed by atoms with van der Waals surface area (Å²) >= 11 is 1.47. The first-order chi connectivity index (χ1) is 13.0. The van der Waals surface area contributed by atoms with Gasteiger partial charge in [-0.2, -0.15) is 0 Å². The Hall–Kier alpha value is -2.54. The highest BCUT2D eigenvalue weighted by molar-refractivity contribution is 7.14. The van der Waals surface area contributed by atoms with E-state index in [1.54, 1.807) is 18.2 Å². The zero-order valence-corrected chi connectivity index (χ0v) is 16.5. The van der Waals surface area contributed by atoms with Gasteiger partial charge in [0, 0.05) is 10.9 Å². The molecule has 0 aliphatic heterocycles. The molecule has 2 aromatic rings. The van der Waals surface area contributed by atoms with E-state index in [2.05, 4.69) is 12.2 Å². The van der Waals surface area contributed by atoms with Crippen LogP contribution in [0.2, 0.25) is 0 Å². The number of anilines is 1. The molecule has 1 aromatic heterocycles. The zero-order valence-electron chi connectivity index (χ0n) is 15.7. The topological polar surface area (TPSA) is 73.9 Å². The highest BCUT2D eigenvalue weighted by atomic mass is 32.1. The standard InChI is InChI=1S/C20H23NO5S/c1-12-4-7-17-13(8-12)9-18(27-17)20(23)26-11-19(22)21-15-10-14(24-2)5-6-16(15)25-3/h5-6,9-10,12H,4,7-8,11H2,1-3H3,(H,21,22). The monoisotopic (exact) mass is 389 g/mol. The van der Waals surface area contributed by atoms with Crippen LogP contribution in [0.4, 0.5) is 5.69 Å². The minimum Gasteiger partial charge on any atom is -0.497 e. The lowest BCUT2D eigenvalue weighted by atomic mass is 9.90. The van der Waals surface area contributed by atoms with Crippen LogP contribution in [0, 0.1) is 5.92 Å². The van der Waals surface area contributed by atoms with Crippen LogP contribution < -0.4 is 14.8 Å². The molecule has 1 amide bonds. The van der Waals surface area contributed by atoms with Gasteiger partial charge in [-0.3, -0.25) is 4.79 Å². The van der Waals surface area contributed by atoms with E-state index >= 15 is 0 Å². The van der Waals surface area contributed by atoms with E-state index < -0.39 is 11.9 Å². The molecule has 0 saturated heterocycles. The number of rotatable bonds is 6. The molecule has 1 atom stereocenters. The summed E-state index contributed by atoms with van der Waals surface area (Å²) in [5, 5.41) is 2.68. The third-order valence-electron chi connectivity index (χ3n) is 4.55. The highest BCUT2D eigenvalue weighted by Gasteiger charge is 2.22. The summed E-state index contributed by atoms with van der Waals surface area (Å²) in [5.74, 6) is 0.816. The largest absolute Gasteiger partial charge is 0.497 e. The van der Waals surface area contributed by atoms with Crippen LogP contribution in [0.25, 0.3) is 0 Å². The molecule has 7 heteroatoms. The fourth-order valence-electron chi connectivity index (χ4n) is 3.11. The molecule has 1 aromatic carbocycles. The average Bonchev–Trinajstić information content (AvgIpc) is 3.09. The van der Waals surface area contributed by atoms with Crippen molar-refractivity contribution in [3.8, 4) is 11.5 Å². The van der Waals surface area contributed by atoms with Crippen molar-refractivity contribution in [3.05, 3.63) is 39.6 Å². The van der Waals surface area contributed by atoms with E-state index in [0.717, 1.165) is 19.3 Å². The van der Waals surface area contributed by atoms with Gasteiger partial charge in [0.2, 0.25) is 0 Å². The summed E-state index contributed by atoms with van der Waals surface area (Å²) in [6, 6.07) is 6.97. The molecule has 1 N–H and O–H groups in total. The summed E-state index contributed by atoms with van der Waals surface area (Å²) in [5.41, 5.74) is 1.69. The Morgan fingerprint density at radius 3 is 2.78 bits per heavy atom. The molecule has 27 heavy (non-hydrogen) atoms. The molecular weight excluding hydrogens is 366 g/mol. The summed E-state index contributed by atoms with van der Waals surface area (Å²) in [6.07, 6.45) is 3.15. The lowest BCUT2D eigenvalue weighted by molar-refractivity contribution is -0.119. The number of fused-ring (bicyclic) bond motifs is 1. The molecule has 3 rings (SSSR count). The SMILES string of the molecule is COc1ccc(OC)c(NC(=O)COC(=O)c2cc3c(s2)CCC(C)C3)c1. The normalized spacial score (nSPS) is 15.6. The third kappa shape index (κ3) is 4.60. The first-order valence-electron chi connectivity index (χ1n) is 8.80. The first-order valence-corrected chi connectivity index (χ1v) is 9.62. The van der Waals surface area contributed by atoms with Crippen LogP contribution in [0.1, 0.15) is 33.5 Å². The molecular formula is C20H23NO5S. The molecule has 1 unspecified atom stereocenters. The first kappa shape index (κ1) is 19.2. The molecule has 1 aliphatic carbocycles. The Labute approximate surface area is 162 Å². The van der Waals surface area contributed by atoms with Crippen LogP contribution in [0.5, 0.6) is 11.5 Å². The second-order valence-corrected chi connectivity index (χ2v) is 7.73. The van der Waals surface area contributed by atoms with Gasteiger partial charge in [-0.1, -0.05) is 6.92 Å². The number of methoxy groups -OCH3 is 2. The number of amides is 1. The van der Waals surface area contributed by atoms with Gasteiger partial charge in [0.25, 0.3) is 5.91 Å². The van der Waals surface area contributed by atoms with Crippen LogP contribution in [0.3, 0.4) is 0 Å². The van der Waals surface area contributed by atoms with Gasteiger partial charge in [0.15, 0.2) is 6.61 Å². The number of carbonyl (C=O) groups excluding carboxylic acids is 2. The predicted molar refractivity (Wildman–Crippen MR) is 104 cm³/mol. The Bertz CT molecular complexity index is 845. The maximum atomic E-state index is 12.3. The van der Waals surface area contributed by atoms with Crippen molar-refractivity contribution >= 4 is 28.9 Å². The maximum absolute atomic E-state index is 12.3. The number of thiophene rings is 1. The number of carbonyl (C=O) groups is 2. The van der Waals surface area contributed by atoms with Crippen molar-refractivity contribution in [2.75, 3.05) is 26.1 Å². The number of esters is 1. The number of hydrogen-bond acceptors (Lipinski definition) is 6. The van der Waals surface area contributed by atoms with E-state index in [-0.39, 0.29) is 6.61 Å². The second-order valence-electron chi connectivity index (χ2n) is 6.60. The van der Waals surface area contributed by atoms with Gasteiger partial charge in [-0.15, -0.1) is 11.3 Å². The fraction of sp³-hybridized carbons (Fsp3) is 0.400. The van der Waals surface area contributed by atoms with Gasteiger partial charge < -0.3 is 19.5 Å². The molecule has 1 heterocycles. The zero-order chi connectivity index (χ0) is 19.4. The number of nitrogens with one attached hydrogen (secondary N) is 1. The molecule has 0 fully saturated rings. The van der Waals surface area contributed by atoms with Crippen LogP contribution in [-0.2, 0) is 22.4 Å². The molecule has 0 radical (unpaired) electrons. The van der Waals surface area contributed by atoms with Gasteiger partial charge in [-0.25, -0.2) is 4.79 Å². The smallest absolute Gasteiger partial charge is 0.348 e. The lowest BCUT2D eigenvalue weighted by Gasteiger charge is -2.16. The maximum Gasteiger partial charge on any atom is 0.348 e. The number of aryl methyl sites for hydroxylation is 1. The summed E-state index contributed by atoms with van der Waals surface area (Å²) in [7, 11) is 3.05. The van der Waals surface area contributed by atoms with Crippen molar-refractivity contribution in [2.45, 2.75) is 26.2 Å². The van der Waals surface area contributed by atoms with E-state index in [0.29, 0.717) is 28.0 Å². The van der Waals surface area contributed by atoms with Gasteiger partial charge in [0.1, 0.15) is 16.4 Å². The predicted octanol–water partition coefficient (Wildman–Crippen LogP) is 3.69. The van der Waals surface area contributed by atoms with Crippen molar-refractivity contribution in [1.29, 1.82) is 0 Å². The van der Waals surface area contributed by atoms with Crippen LogP contribution in [-0.4, -0.2) is 32.7 Å².